The summed E-state index contributed by atoms with van der Waals surface area (Å²) in [5.74, 6) is -1.69. The van der Waals surface area contributed by atoms with Crippen LogP contribution in [0.3, 0.4) is 0 Å². The second kappa shape index (κ2) is 8.69. The van der Waals surface area contributed by atoms with Gasteiger partial charge in [0.2, 0.25) is 11.8 Å². The lowest BCUT2D eigenvalue weighted by atomic mass is 9.82. The molecule has 180 valence electrons. The molecule has 0 radical (unpaired) electrons. The van der Waals surface area contributed by atoms with Crippen molar-refractivity contribution >= 4 is 11.7 Å². The molecule has 3 rings (SSSR count). The van der Waals surface area contributed by atoms with Crippen molar-refractivity contribution in [2.75, 3.05) is 20.3 Å². The fourth-order valence-corrected chi connectivity index (χ4v) is 3.19. The smallest absolute Gasteiger partial charge is 0.425 e. The van der Waals surface area contributed by atoms with E-state index in [-0.39, 0.29) is 36.2 Å². The largest absolute Gasteiger partial charge is 0.481 e. The van der Waals surface area contributed by atoms with Crippen LogP contribution >= 0.6 is 0 Å². The third kappa shape index (κ3) is 4.82. The van der Waals surface area contributed by atoms with Crippen LogP contribution in [0.5, 0.6) is 5.75 Å². The molecule has 2 aromatic rings. The van der Waals surface area contributed by atoms with Gasteiger partial charge < -0.3 is 19.3 Å². The van der Waals surface area contributed by atoms with Crippen molar-refractivity contribution in [3.05, 3.63) is 35.2 Å². The van der Waals surface area contributed by atoms with Gasteiger partial charge in [-0.05, 0) is 13.8 Å². The number of aryl methyl sites for hydroxylation is 1. The minimum absolute atomic E-state index is 0.0548. The topological polar surface area (TPSA) is 116 Å². The van der Waals surface area contributed by atoms with Crippen LogP contribution in [-0.4, -0.2) is 59.4 Å². The Morgan fingerprint density at radius 2 is 2.00 bits per heavy atom. The monoisotopic (exact) mass is 474 g/mol. The summed E-state index contributed by atoms with van der Waals surface area (Å²) in [5.41, 5.74) is -4.23. The molecule has 1 unspecified atom stereocenters. The van der Waals surface area contributed by atoms with Crippen molar-refractivity contribution < 1.29 is 41.1 Å². The Morgan fingerprint density at radius 1 is 1.33 bits per heavy atom. The van der Waals surface area contributed by atoms with E-state index in [1.165, 1.54) is 20.9 Å². The maximum absolute atomic E-state index is 14.9. The summed E-state index contributed by atoms with van der Waals surface area (Å²) in [4.78, 5) is 33.5. The Labute approximate surface area is 185 Å². The van der Waals surface area contributed by atoms with E-state index in [2.05, 4.69) is 20.4 Å². The van der Waals surface area contributed by atoms with E-state index >= 15 is 0 Å². The number of alkyl halides is 4. The number of carbonyl (C=O) groups is 2. The number of hydrogen-bond acceptors (Lipinski definition) is 8. The zero-order valence-corrected chi connectivity index (χ0v) is 18.2. The van der Waals surface area contributed by atoms with Crippen LogP contribution in [0.2, 0.25) is 0 Å². The number of carbonyl (C=O) groups excluding carboxylic acids is 2. The van der Waals surface area contributed by atoms with Gasteiger partial charge in [0.05, 0.1) is 18.8 Å². The maximum Gasteiger partial charge on any atom is 0.425 e. The number of likely N-dealkylation sites (N-methyl/N-ethyl adjacent to an activating group) is 1. The van der Waals surface area contributed by atoms with E-state index in [9.17, 15) is 27.2 Å². The van der Waals surface area contributed by atoms with Gasteiger partial charge in [-0.3, -0.25) is 14.6 Å². The number of ketones is 1. The third-order valence-corrected chi connectivity index (χ3v) is 5.32. The Balaban J connectivity index is 1.96. The van der Waals surface area contributed by atoms with E-state index in [1.54, 1.807) is 0 Å². The summed E-state index contributed by atoms with van der Waals surface area (Å²) in [5, 5.41) is 6.14. The first-order valence-electron chi connectivity index (χ1n) is 9.87. The number of rotatable bonds is 8. The molecule has 0 aliphatic carbocycles. The van der Waals surface area contributed by atoms with Crippen molar-refractivity contribution in [2.24, 2.45) is 0 Å². The van der Waals surface area contributed by atoms with Gasteiger partial charge in [-0.15, -0.1) is 0 Å². The molecular weight excluding hydrogens is 452 g/mol. The first-order valence-corrected chi connectivity index (χ1v) is 9.87. The fourth-order valence-electron chi connectivity index (χ4n) is 3.19. The van der Waals surface area contributed by atoms with E-state index < -0.39 is 47.2 Å². The van der Waals surface area contributed by atoms with Crippen LogP contribution in [0.25, 0.3) is 0 Å². The molecule has 33 heavy (non-hydrogen) atoms. The van der Waals surface area contributed by atoms with Gasteiger partial charge in [0.1, 0.15) is 16.9 Å². The molecule has 1 aliphatic rings. The van der Waals surface area contributed by atoms with Gasteiger partial charge in [-0.2, -0.15) is 18.2 Å². The van der Waals surface area contributed by atoms with Gasteiger partial charge in [-0.1, -0.05) is 5.16 Å². The predicted molar refractivity (Wildman–Crippen MR) is 103 cm³/mol. The number of aromatic nitrogens is 3. The Morgan fingerprint density at radius 3 is 2.48 bits per heavy atom. The van der Waals surface area contributed by atoms with E-state index in [4.69, 9.17) is 14.0 Å². The van der Waals surface area contributed by atoms with Crippen LogP contribution in [0.1, 0.15) is 48.0 Å². The molecule has 1 fully saturated rings. The minimum atomic E-state index is -4.72. The van der Waals surface area contributed by atoms with Gasteiger partial charge in [0, 0.05) is 32.7 Å². The highest BCUT2D eigenvalue weighted by molar-refractivity contribution is 6.00. The Bertz CT molecular complexity index is 1050. The molecule has 1 aliphatic heterocycles. The van der Waals surface area contributed by atoms with Crippen LogP contribution in [-0.2, 0) is 20.6 Å². The number of nitrogens with one attached hydrogen (secondary N) is 1. The average molecular weight is 474 g/mol. The Kier molecular flexibility index (Phi) is 6.46. The molecular formula is C20H22F4N4O5. The molecule has 1 amide bonds. The molecule has 9 nitrogen and oxygen atoms in total. The molecule has 2 aromatic heterocycles. The van der Waals surface area contributed by atoms with Gasteiger partial charge >= 0.3 is 6.18 Å². The first-order chi connectivity index (χ1) is 15.3. The zero-order chi connectivity index (χ0) is 24.6. The molecule has 1 N–H and O–H groups in total. The number of pyridine rings is 1. The normalized spacial score (nSPS) is 18.1. The highest BCUT2D eigenvalue weighted by Gasteiger charge is 2.46. The van der Waals surface area contributed by atoms with Crippen molar-refractivity contribution in [1.82, 2.24) is 20.4 Å². The highest BCUT2D eigenvalue weighted by atomic mass is 19.4. The first kappa shape index (κ1) is 24.6. The van der Waals surface area contributed by atoms with E-state index in [1.807, 2.05) is 0 Å². The molecule has 0 aromatic carbocycles. The Hall–Kier alpha value is -3.09. The quantitative estimate of drug-likeness (QED) is 0.459. The van der Waals surface area contributed by atoms with Crippen molar-refractivity contribution in [2.45, 2.75) is 50.6 Å². The fraction of sp³-hybridized carbons (Fsp3) is 0.550. The lowest BCUT2D eigenvalue weighted by Gasteiger charge is -2.35. The summed E-state index contributed by atoms with van der Waals surface area (Å²) in [6.07, 6.45) is -6.54. The second-order valence-electron chi connectivity index (χ2n) is 7.97. The van der Waals surface area contributed by atoms with Crippen LogP contribution < -0.4 is 10.1 Å². The molecule has 0 saturated carbocycles. The summed E-state index contributed by atoms with van der Waals surface area (Å²) in [6.45, 7) is 2.91. The highest BCUT2D eigenvalue weighted by Crippen LogP contribution is 2.40. The number of nitrogens with zero attached hydrogens (tertiary/aromatic N) is 3. The zero-order valence-electron chi connectivity index (χ0n) is 18.2. The molecule has 2 atom stereocenters. The standard InChI is InChI=1S/C20H22F4N4O5/c1-10(20(22,23)24)32-15-5-13(26-7-12(15)19(21)8-31-9-19)14(29)6-18(3,17(30)25-4)16-27-11(2)33-28-16/h5,7,10H,6,8-9H2,1-4H3,(H,25,30)/t10-,18?/m0/s1. The van der Waals surface area contributed by atoms with Crippen molar-refractivity contribution in [3.63, 3.8) is 0 Å². The number of hydrogen-bond donors (Lipinski definition) is 1. The van der Waals surface area contributed by atoms with Crippen molar-refractivity contribution in [1.29, 1.82) is 0 Å². The molecule has 0 bridgehead atoms. The van der Waals surface area contributed by atoms with E-state index in [0.29, 0.717) is 0 Å². The molecule has 3 heterocycles. The van der Waals surface area contributed by atoms with Gasteiger partial charge in [0.15, 0.2) is 23.4 Å². The number of amides is 1. The SMILES string of the molecule is CNC(=O)C(C)(CC(=O)c1cc(O[C@@H](C)C(F)(F)F)c(C2(F)COC2)cn1)c1noc(C)n1. The minimum Gasteiger partial charge on any atom is -0.481 e. The van der Waals surface area contributed by atoms with Crippen LogP contribution in [0, 0.1) is 6.92 Å². The van der Waals surface area contributed by atoms with Crippen LogP contribution in [0.15, 0.2) is 16.8 Å². The van der Waals surface area contributed by atoms with Crippen LogP contribution in [0.4, 0.5) is 17.6 Å². The lowest BCUT2D eigenvalue weighted by Crippen LogP contribution is -2.44. The van der Waals surface area contributed by atoms with E-state index in [0.717, 1.165) is 19.2 Å². The summed E-state index contributed by atoms with van der Waals surface area (Å²) >= 11 is 0. The number of Topliss-reactive ketones (excluding diaryl/α,β-unsaturated/α-hetero) is 1. The molecule has 1 saturated heterocycles. The summed E-state index contributed by atoms with van der Waals surface area (Å²) in [6, 6.07) is 0.936. The van der Waals surface area contributed by atoms with Gasteiger partial charge in [-0.25, -0.2) is 4.39 Å². The maximum atomic E-state index is 14.9. The third-order valence-electron chi connectivity index (χ3n) is 5.32. The second-order valence-corrected chi connectivity index (χ2v) is 7.97. The van der Waals surface area contributed by atoms with Crippen molar-refractivity contribution in [3.8, 4) is 5.75 Å². The average Bonchev–Trinajstić information content (AvgIpc) is 3.17. The summed E-state index contributed by atoms with van der Waals surface area (Å²) < 4.78 is 68.9. The number of halogens is 4. The summed E-state index contributed by atoms with van der Waals surface area (Å²) in [7, 11) is 1.36. The molecule has 0 spiro atoms. The predicted octanol–water partition coefficient (Wildman–Crippen LogP) is 2.57. The molecule has 13 heteroatoms. The lowest BCUT2D eigenvalue weighted by molar-refractivity contribution is -0.190. The number of ether oxygens (including phenoxy) is 2. The van der Waals surface area contributed by atoms with Gasteiger partial charge in [0.25, 0.3) is 0 Å².